The largest absolute Gasteiger partial charge is 0.381 e. The lowest BCUT2D eigenvalue weighted by molar-refractivity contribution is 0.129. The molecular weight excluding hydrogens is 338 g/mol. The minimum absolute atomic E-state index is 0.692. The van der Waals surface area contributed by atoms with Gasteiger partial charge in [0.05, 0.1) is 11.4 Å². The number of aliphatic imine (C=N–C) groups is 1. The van der Waals surface area contributed by atoms with E-state index in [2.05, 4.69) is 41.6 Å². The highest BCUT2D eigenvalue weighted by Crippen LogP contribution is 2.17. The fraction of sp³-hybridized carbons (Fsp3) is 0.524. The molecule has 2 aromatic rings. The van der Waals surface area contributed by atoms with Crippen LogP contribution >= 0.6 is 0 Å². The molecule has 0 aliphatic carbocycles. The third kappa shape index (κ3) is 6.40. The van der Waals surface area contributed by atoms with Crippen LogP contribution in [0.1, 0.15) is 43.1 Å². The zero-order chi connectivity index (χ0) is 19.5. The maximum absolute atomic E-state index is 5.58. The van der Waals surface area contributed by atoms with Crippen molar-refractivity contribution in [2.24, 2.45) is 4.99 Å². The van der Waals surface area contributed by atoms with Crippen molar-refractivity contribution in [1.29, 1.82) is 0 Å². The molecule has 0 fully saturated rings. The summed E-state index contributed by atoms with van der Waals surface area (Å²) < 4.78 is 7.58. The number of rotatable bonds is 10. The Hall–Kier alpha value is -2.34. The number of hydrogen-bond donors (Lipinski definition) is 2. The van der Waals surface area contributed by atoms with Crippen LogP contribution in [0.4, 0.5) is 0 Å². The van der Waals surface area contributed by atoms with Gasteiger partial charge in [0.25, 0.3) is 0 Å². The van der Waals surface area contributed by atoms with Crippen molar-refractivity contribution in [3.8, 4) is 5.69 Å². The summed E-state index contributed by atoms with van der Waals surface area (Å²) in [6.45, 7) is 9.50. The Labute approximate surface area is 163 Å². The molecule has 6 nitrogen and oxygen atoms in total. The van der Waals surface area contributed by atoms with Gasteiger partial charge >= 0.3 is 0 Å². The molecule has 0 saturated carbocycles. The van der Waals surface area contributed by atoms with E-state index in [9.17, 15) is 0 Å². The van der Waals surface area contributed by atoms with Gasteiger partial charge < -0.3 is 15.4 Å². The summed E-state index contributed by atoms with van der Waals surface area (Å²) in [7, 11) is 1.79. The predicted octanol–water partition coefficient (Wildman–Crippen LogP) is 3.36. The SMILES string of the molecule is CCCCOCCCNC(=NC)NCc1c(C)nn(-c2ccccc2)c1C. The van der Waals surface area contributed by atoms with E-state index < -0.39 is 0 Å². The van der Waals surface area contributed by atoms with Crippen molar-refractivity contribution >= 4 is 5.96 Å². The number of guanidine groups is 1. The van der Waals surface area contributed by atoms with Gasteiger partial charge in [-0.05, 0) is 38.8 Å². The van der Waals surface area contributed by atoms with Crippen LogP contribution in [-0.4, -0.2) is 42.5 Å². The fourth-order valence-electron chi connectivity index (χ4n) is 2.87. The van der Waals surface area contributed by atoms with E-state index in [1.54, 1.807) is 7.05 Å². The van der Waals surface area contributed by atoms with Gasteiger partial charge in [-0.1, -0.05) is 31.5 Å². The molecule has 1 aromatic heterocycles. The first-order valence-corrected chi connectivity index (χ1v) is 9.80. The molecule has 0 saturated heterocycles. The van der Waals surface area contributed by atoms with Gasteiger partial charge in [-0.25, -0.2) is 4.68 Å². The number of aromatic nitrogens is 2. The normalized spacial score (nSPS) is 11.6. The Bertz CT molecular complexity index is 709. The van der Waals surface area contributed by atoms with Gasteiger partial charge in [-0.3, -0.25) is 4.99 Å². The number of para-hydroxylation sites is 1. The van der Waals surface area contributed by atoms with Crippen LogP contribution in [0.2, 0.25) is 0 Å². The quantitative estimate of drug-likeness (QED) is 0.382. The molecule has 0 spiro atoms. The third-order valence-electron chi connectivity index (χ3n) is 4.50. The highest BCUT2D eigenvalue weighted by Gasteiger charge is 2.13. The van der Waals surface area contributed by atoms with E-state index in [1.165, 1.54) is 12.0 Å². The molecule has 0 bridgehead atoms. The molecule has 148 valence electrons. The number of unbranched alkanes of at least 4 members (excludes halogenated alkanes) is 1. The van der Waals surface area contributed by atoms with Crippen LogP contribution in [0.25, 0.3) is 5.69 Å². The van der Waals surface area contributed by atoms with Gasteiger partial charge in [0.15, 0.2) is 5.96 Å². The van der Waals surface area contributed by atoms with E-state index in [0.29, 0.717) is 6.54 Å². The molecule has 0 radical (unpaired) electrons. The summed E-state index contributed by atoms with van der Waals surface area (Å²) in [4.78, 5) is 4.30. The molecule has 0 unspecified atom stereocenters. The molecular formula is C21H33N5O. The molecule has 1 aromatic carbocycles. The molecule has 2 N–H and O–H groups in total. The van der Waals surface area contributed by atoms with Crippen LogP contribution in [0.3, 0.4) is 0 Å². The Balaban J connectivity index is 1.83. The summed E-state index contributed by atoms with van der Waals surface area (Å²) >= 11 is 0. The Morgan fingerprint density at radius 1 is 1.11 bits per heavy atom. The van der Waals surface area contributed by atoms with Crippen molar-refractivity contribution in [1.82, 2.24) is 20.4 Å². The van der Waals surface area contributed by atoms with Gasteiger partial charge in [-0.2, -0.15) is 5.10 Å². The molecule has 2 rings (SSSR count). The summed E-state index contributed by atoms with van der Waals surface area (Å²) in [5.41, 5.74) is 4.45. The molecule has 0 amide bonds. The summed E-state index contributed by atoms with van der Waals surface area (Å²) in [5.74, 6) is 0.801. The maximum atomic E-state index is 5.58. The average molecular weight is 372 g/mol. The van der Waals surface area contributed by atoms with E-state index in [1.807, 2.05) is 29.8 Å². The maximum Gasteiger partial charge on any atom is 0.191 e. The zero-order valence-electron chi connectivity index (χ0n) is 17.1. The number of aryl methyl sites for hydroxylation is 1. The van der Waals surface area contributed by atoms with Gasteiger partial charge in [0, 0.05) is 44.6 Å². The molecule has 1 heterocycles. The number of ether oxygens (including phenoxy) is 1. The second-order valence-corrected chi connectivity index (χ2v) is 6.57. The Morgan fingerprint density at radius 3 is 2.56 bits per heavy atom. The smallest absolute Gasteiger partial charge is 0.191 e. The molecule has 6 heteroatoms. The second kappa shape index (κ2) is 11.4. The van der Waals surface area contributed by atoms with Gasteiger partial charge in [0.2, 0.25) is 0 Å². The van der Waals surface area contributed by atoms with Crippen LogP contribution < -0.4 is 10.6 Å². The topological polar surface area (TPSA) is 63.5 Å². The predicted molar refractivity (Wildman–Crippen MR) is 112 cm³/mol. The lowest BCUT2D eigenvalue weighted by atomic mass is 10.2. The van der Waals surface area contributed by atoms with Crippen LogP contribution in [-0.2, 0) is 11.3 Å². The van der Waals surface area contributed by atoms with E-state index in [0.717, 1.165) is 55.6 Å². The Morgan fingerprint density at radius 2 is 1.85 bits per heavy atom. The van der Waals surface area contributed by atoms with Crippen molar-refractivity contribution in [2.45, 2.75) is 46.6 Å². The fourth-order valence-corrected chi connectivity index (χ4v) is 2.87. The van der Waals surface area contributed by atoms with Crippen LogP contribution in [0.5, 0.6) is 0 Å². The highest BCUT2D eigenvalue weighted by atomic mass is 16.5. The van der Waals surface area contributed by atoms with Gasteiger partial charge in [0.1, 0.15) is 0 Å². The zero-order valence-corrected chi connectivity index (χ0v) is 17.1. The van der Waals surface area contributed by atoms with Crippen molar-refractivity contribution in [3.63, 3.8) is 0 Å². The van der Waals surface area contributed by atoms with Crippen molar-refractivity contribution in [3.05, 3.63) is 47.3 Å². The van der Waals surface area contributed by atoms with E-state index in [-0.39, 0.29) is 0 Å². The second-order valence-electron chi connectivity index (χ2n) is 6.57. The lowest BCUT2D eigenvalue weighted by Crippen LogP contribution is -2.37. The minimum atomic E-state index is 0.692. The third-order valence-corrected chi connectivity index (χ3v) is 4.50. The monoisotopic (exact) mass is 371 g/mol. The summed E-state index contributed by atoms with van der Waals surface area (Å²) in [6, 6.07) is 10.2. The number of hydrogen-bond acceptors (Lipinski definition) is 3. The van der Waals surface area contributed by atoms with E-state index in [4.69, 9.17) is 9.84 Å². The number of nitrogens with one attached hydrogen (secondary N) is 2. The highest BCUT2D eigenvalue weighted by molar-refractivity contribution is 5.79. The first-order chi connectivity index (χ1) is 13.2. The lowest BCUT2D eigenvalue weighted by Gasteiger charge is -2.12. The summed E-state index contributed by atoms with van der Waals surface area (Å²) in [6.07, 6.45) is 3.27. The number of nitrogens with zero attached hydrogens (tertiary/aromatic N) is 3. The van der Waals surface area contributed by atoms with Crippen molar-refractivity contribution < 1.29 is 4.74 Å². The first-order valence-electron chi connectivity index (χ1n) is 9.80. The number of benzene rings is 1. The van der Waals surface area contributed by atoms with Gasteiger partial charge in [-0.15, -0.1) is 0 Å². The minimum Gasteiger partial charge on any atom is -0.381 e. The van der Waals surface area contributed by atoms with Crippen molar-refractivity contribution in [2.75, 3.05) is 26.8 Å². The standard InChI is InChI=1S/C21H33N5O/c1-5-6-14-27-15-10-13-23-21(22-4)24-16-20-17(2)25-26(18(20)3)19-11-8-7-9-12-19/h7-9,11-12H,5-6,10,13-16H2,1-4H3,(H2,22,23,24). The first kappa shape index (κ1) is 21.0. The van der Waals surface area contributed by atoms with Crippen LogP contribution in [0, 0.1) is 13.8 Å². The molecule has 27 heavy (non-hydrogen) atoms. The molecule has 0 aliphatic rings. The molecule has 0 atom stereocenters. The van der Waals surface area contributed by atoms with Crippen LogP contribution in [0.15, 0.2) is 35.3 Å². The van der Waals surface area contributed by atoms with E-state index >= 15 is 0 Å². The average Bonchev–Trinajstić information content (AvgIpc) is 2.98. The summed E-state index contributed by atoms with van der Waals surface area (Å²) in [5, 5.41) is 11.4. The Kier molecular flexibility index (Phi) is 8.84. The molecule has 0 aliphatic heterocycles.